The molecular weight excluding hydrogens is 338 g/mol. The summed E-state index contributed by atoms with van der Waals surface area (Å²) >= 11 is 0. The van der Waals surface area contributed by atoms with E-state index >= 15 is 0 Å². The Labute approximate surface area is 160 Å². The maximum atomic E-state index is 12.3. The molecule has 0 bridgehead atoms. The fraction of sp³-hybridized carbons (Fsp3) is 0.273. The zero-order valence-electron chi connectivity index (χ0n) is 15.4. The molecular formula is C22H25N3O2. The number of para-hydroxylation sites is 1. The van der Waals surface area contributed by atoms with E-state index < -0.39 is 0 Å². The van der Waals surface area contributed by atoms with Crippen molar-refractivity contribution in [3.63, 3.8) is 0 Å². The molecule has 3 rings (SSSR count). The predicted molar refractivity (Wildman–Crippen MR) is 108 cm³/mol. The van der Waals surface area contributed by atoms with Crippen molar-refractivity contribution in [3.8, 4) is 0 Å². The van der Waals surface area contributed by atoms with Crippen LogP contribution in [0.1, 0.15) is 12.0 Å². The first-order chi connectivity index (χ1) is 13.2. The third-order valence-corrected chi connectivity index (χ3v) is 4.57. The minimum Gasteiger partial charge on any atom is -0.340 e. The predicted octanol–water partition coefficient (Wildman–Crippen LogP) is 2.87. The van der Waals surface area contributed by atoms with E-state index in [2.05, 4.69) is 34.5 Å². The lowest BCUT2D eigenvalue weighted by molar-refractivity contribution is -0.136. The standard InChI is InChI=1S/C22H25N3O2/c26-21(23-20-11-5-2-6-12-20)18-22(27)25-16-14-24(15-17-25)13-7-10-19-8-3-1-4-9-19/h1-12H,13-18H2,(H,23,26)/b10-7+. The van der Waals surface area contributed by atoms with Gasteiger partial charge in [0.25, 0.3) is 0 Å². The van der Waals surface area contributed by atoms with Crippen molar-refractivity contribution in [1.29, 1.82) is 0 Å². The summed E-state index contributed by atoms with van der Waals surface area (Å²) in [6.45, 7) is 3.84. The highest BCUT2D eigenvalue weighted by molar-refractivity contribution is 6.03. The first-order valence-electron chi connectivity index (χ1n) is 9.27. The molecule has 1 aliphatic heterocycles. The van der Waals surface area contributed by atoms with Crippen molar-refractivity contribution in [2.75, 3.05) is 38.0 Å². The number of carbonyl (C=O) groups is 2. The number of hydrogen-bond acceptors (Lipinski definition) is 3. The summed E-state index contributed by atoms with van der Waals surface area (Å²) in [4.78, 5) is 28.5. The van der Waals surface area contributed by atoms with Crippen LogP contribution in [-0.2, 0) is 9.59 Å². The molecule has 0 spiro atoms. The fourth-order valence-corrected chi connectivity index (χ4v) is 3.06. The Balaban J connectivity index is 1.38. The Hall–Kier alpha value is -2.92. The van der Waals surface area contributed by atoms with Gasteiger partial charge in [-0.15, -0.1) is 0 Å². The van der Waals surface area contributed by atoms with E-state index in [4.69, 9.17) is 0 Å². The van der Waals surface area contributed by atoms with Crippen molar-refractivity contribution in [2.45, 2.75) is 6.42 Å². The number of piperazine rings is 1. The van der Waals surface area contributed by atoms with Crippen LogP contribution in [0.25, 0.3) is 6.08 Å². The first-order valence-corrected chi connectivity index (χ1v) is 9.27. The summed E-state index contributed by atoms with van der Waals surface area (Å²) in [5, 5.41) is 2.76. The zero-order valence-corrected chi connectivity index (χ0v) is 15.4. The molecule has 2 aromatic rings. The molecule has 0 unspecified atom stereocenters. The van der Waals surface area contributed by atoms with Gasteiger partial charge in [-0.05, 0) is 17.7 Å². The molecule has 0 aliphatic carbocycles. The molecule has 1 saturated heterocycles. The Morgan fingerprint density at radius 1 is 0.889 bits per heavy atom. The smallest absolute Gasteiger partial charge is 0.233 e. The molecule has 0 aromatic heterocycles. The maximum absolute atomic E-state index is 12.3. The van der Waals surface area contributed by atoms with Gasteiger partial charge in [-0.1, -0.05) is 60.7 Å². The van der Waals surface area contributed by atoms with Gasteiger partial charge in [0.1, 0.15) is 6.42 Å². The SMILES string of the molecule is O=C(CC(=O)N1CCN(C/C=C/c2ccccc2)CC1)Nc1ccccc1. The number of nitrogens with zero attached hydrogens (tertiary/aromatic N) is 2. The van der Waals surface area contributed by atoms with Crippen molar-refractivity contribution < 1.29 is 9.59 Å². The average molecular weight is 363 g/mol. The fourth-order valence-electron chi connectivity index (χ4n) is 3.06. The monoisotopic (exact) mass is 363 g/mol. The summed E-state index contributed by atoms with van der Waals surface area (Å²) in [5.41, 5.74) is 1.90. The van der Waals surface area contributed by atoms with Gasteiger partial charge in [-0.2, -0.15) is 0 Å². The molecule has 1 aliphatic rings. The summed E-state index contributed by atoms with van der Waals surface area (Å²) < 4.78 is 0. The lowest BCUT2D eigenvalue weighted by Crippen LogP contribution is -2.49. The Morgan fingerprint density at radius 2 is 1.52 bits per heavy atom. The summed E-state index contributed by atoms with van der Waals surface area (Å²) in [6.07, 6.45) is 4.16. The van der Waals surface area contributed by atoms with Crippen LogP contribution in [0.3, 0.4) is 0 Å². The van der Waals surface area contributed by atoms with Crippen LogP contribution < -0.4 is 5.32 Å². The van der Waals surface area contributed by atoms with Gasteiger partial charge in [-0.25, -0.2) is 0 Å². The van der Waals surface area contributed by atoms with Crippen LogP contribution in [0.5, 0.6) is 0 Å². The van der Waals surface area contributed by atoms with Crippen molar-refractivity contribution in [1.82, 2.24) is 9.80 Å². The number of benzene rings is 2. The molecule has 5 nitrogen and oxygen atoms in total. The zero-order chi connectivity index (χ0) is 18.9. The van der Waals surface area contributed by atoms with Gasteiger partial charge in [0.15, 0.2) is 0 Å². The molecule has 0 saturated carbocycles. The lowest BCUT2D eigenvalue weighted by atomic mass is 10.2. The van der Waals surface area contributed by atoms with Gasteiger partial charge >= 0.3 is 0 Å². The number of anilines is 1. The number of amides is 2. The average Bonchev–Trinajstić information content (AvgIpc) is 2.70. The Morgan fingerprint density at radius 3 is 2.19 bits per heavy atom. The molecule has 1 N–H and O–H groups in total. The Bertz CT molecular complexity index is 767. The Kier molecular flexibility index (Phi) is 6.77. The molecule has 140 valence electrons. The third-order valence-electron chi connectivity index (χ3n) is 4.57. The molecule has 1 fully saturated rings. The van der Waals surface area contributed by atoms with Crippen LogP contribution in [0.4, 0.5) is 5.69 Å². The van der Waals surface area contributed by atoms with E-state index in [0.29, 0.717) is 18.8 Å². The van der Waals surface area contributed by atoms with Gasteiger partial charge < -0.3 is 10.2 Å². The molecule has 27 heavy (non-hydrogen) atoms. The summed E-state index contributed by atoms with van der Waals surface area (Å²) in [5.74, 6) is -0.373. The number of nitrogens with one attached hydrogen (secondary N) is 1. The second-order valence-corrected chi connectivity index (χ2v) is 6.59. The van der Waals surface area contributed by atoms with Crippen molar-refractivity contribution >= 4 is 23.6 Å². The highest BCUT2D eigenvalue weighted by atomic mass is 16.2. The summed E-state index contributed by atoms with van der Waals surface area (Å²) in [6, 6.07) is 19.4. The van der Waals surface area contributed by atoms with Crippen LogP contribution in [-0.4, -0.2) is 54.3 Å². The van der Waals surface area contributed by atoms with E-state index in [9.17, 15) is 9.59 Å². The number of hydrogen-bond donors (Lipinski definition) is 1. The van der Waals surface area contributed by atoms with Crippen LogP contribution in [0.15, 0.2) is 66.7 Å². The second kappa shape index (κ2) is 9.69. The van der Waals surface area contributed by atoms with Crippen LogP contribution in [0, 0.1) is 0 Å². The first kappa shape index (κ1) is 18.9. The van der Waals surface area contributed by atoms with E-state index in [1.165, 1.54) is 5.56 Å². The van der Waals surface area contributed by atoms with E-state index in [1.807, 2.05) is 48.5 Å². The highest BCUT2D eigenvalue weighted by Crippen LogP contribution is 2.08. The van der Waals surface area contributed by atoms with E-state index in [1.54, 1.807) is 4.90 Å². The van der Waals surface area contributed by atoms with Gasteiger partial charge in [-0.3, -0.25) is 14.5 Å². The lowest BCUT2D eigenvalue weighted by Gasteiger charge is -2.34. The minimum absolute atomic E-state index is 0.108. The highest BCUT2D eigenvalue weighted by Gasteiger charge is 2.22. The quantitative estimate of drug-likeness (QED) is 0.803. The molecule has 0 atom stereocenters. The largest absolute Gasteiger partial charge is 0.340 e. The molecule has 1 heterocycles. The van der Waals surface area contributed by atoms with E-state index in [-0.39, 0.29) is 18.2 Å². The molecule has 5 heteroatoms. The minimum atomic E-state index is -0.264. The summed E-state index contributed by atoms with van der Waals surface area (Å²) in [7, 11) is 0. The van der Waals surface area contributed by atoms with Crippen molar-refractivity contribution in [3.05, 3.63) is 72.3 Å². The molecule has 2 aromatic carbocycles. The van der Waals surface area contributed by atoms with Gasteiger partial charge in [0.05, 0.1) is 0 Å². The van der Waals surface area contributed by atoms with Gasteiger partial charge in [0.2, 0.25) is 11.8 Å². The molecule has 0 radical (unpaired) electrons. The van der Waals surface area contributed by atoms with Crippen LogP contribution >= 0.6 is 0 Å². The number of carbonyl (C=O) groups excluding carboxylic acids is 2. The number of rotatable bonds is 6. The van der Waals surface area contributed by atoms with Crippen molar-refractivity contribution in [2.24, 2.45) is 0 Å². The topological polar surface area (TPSA) is 52.7 Å². The van der Waals surface area contributed by atoms with Gasteiger partial charge in [0, 0.05) is 38.4 Å². The normalized spacial score (nSPS) is 15.0. The third kappa shape index (κ3) is 6.08. The maximum Gasteiger partial charge on any atom is 0.233 e. The molecule has 2 amide bonds. The van der Waals surface area contributed by atoms with Crippen LogP contribution in [0.2, 0.25) is 0 Å². The van der Waals surface area contributed by atoms with E-state index in [0.717, 1.165) is 19.6 Å². The second-order valence-electron chi connectivity index (χ2n) is 6.59.